The van der Waals surface area contributed by atoms with Crippen molar-refractivity contribution in [1.29, 1.82) is 5.26 Å². The van der Waals surface area contributed by atoms with Crippen LogP contribution in [-0.2, 0) is 10.0 Å². The second-order valence-electron chi connectivity index (χ2n) is 9.22. The minimum Gasteiger partial charge on any atom is -0.356 e. The van der Waals surface area contributed by atoms with Gasteiger partial charge in [0.25, 0.3) is 10.0 Å². The summed E-state index contributed by atoms with van der Waals surface area (Å²) in [6.07, 6.45) is 7.30. The van der Waals surface area contributed by atoms with Crippen molar-refractivity contribution >= 4 is 38.6 Å². The molecule has 2 aliphatic rings. The SMILES string of the molecule is Cc1ccc(S(=O)(=O)n2ccc3c(N(C)[C@H]4C[C@@H](CSC5CC(C#N)C5)C4)ncnc32)cc1. The van der Waals surface area contributed by atoms with Crippen molar-refractivity contribution in [2.75, 3.05) is 17.7 Å². The first-order valence-corrected chi connectivity index (χ1v) is 13.7. The number of rotatable bonds is 7. The summed E-state index contributed by atoms with van der Waals surface area (Å²) in [5.74, 6) is 2.87. The van der Waals surface area contributed by atoms with E-state index in [9.17, 15) is 8.42 Å². The smallest absolute Gasteiger partial charge is 0.269 e. The topological polar surface area (TPSA) is 91.9 Å². The van der Waals surface area contributed by atoms with Gasteiger partial charge >= 0.3 is 0 Å². The van der Waals surface area contributed by atoms with E-state index in [-0.39, 0.29) is 10.8 Å². The fourth-order valence-corrected chi connectivity index (χ4v) is 7.47. The first kappa shape index (κ1) is 22.2. The van der Waals surface area contributed by atoms with Gasteiger partial charge in [0, 0.05) is 30.5 Å². The second kappa shape index (κ2) is 8.65. The van der Waals surface area contributed by atoms with Crippen LogP contribution in [0.25, 0.3) is 11.0 Å². The summed E-state index contributed by atoms with van der Waals surface area (Å²) < 4.78 is 27.7. The lowest BCUT2D eigenvalue weighted by molar-refractivity contribution is 0.284. The highest BCUT2D eigenvalue weighted by Gasteiger charge is 2.36. The molecular weight excluding hydrogens is 454 g/mol. The monoisotopic (exact) mass is 481 g/mol. The van der Waals surface area contributed by atoms with Crippen LogP contribution in [0.15, 0.2) is 47.8 Å². The van der Waals surface area contributed by atoms with E-state index in [0.29, 0.717) is 22.9 Å². The van der Waals surface area contributed by atoms with E-state index in [0.717, 1.165) is 48.2 Å². The van der Waals surface area contributed by atoms with Gasteiger partial charge in [0.15, 0.2) is 5.65 Å². The number of fused-ring (bicyclic) bond motifs is 1. The minimum absolute atomic E-state index is 0.242. The predicted molar refractivity (Wildman–Crippen MR) is 131 cm³/mol. The number of nitriles is 1. The van der Waals surface area contributed by atoms with Gasteiger partial charge in [-0.2, -0.15) is 17.0 Å². The Labute approximate surface area is 198 Å². The Morgan fingerprint density at radius 1 is 1.15 bits per heavy atom. The molecule has 2 saturated carbocycles. The van der Waals surface area contributed by atoms with Gasteiger partial charge in [-0.05, 0) is 62.5 Å². The zero-order chi connectivity index (χ0) is 23.2. The Morgan fingerprint density at radius 2 is 1.88 bits per heavy atom. The maximum absolute atomic E-state index is 13.2. The van der Waals surface area contributed by atoms with Gasteiger partial charge in [-0.3, -0.25) is 0 Å². The normalized spacial score (nSPS) is 24.6. The van der Waals surface area contributed by atoms with Gasteiger partial charge in [0.2, 0.25) is 0 Å². The molecule has 9 heteroatoms. The maximum atomic E-state index is 13.2. The number of hydrogen-bond acceptors (Lipinski definition) is 7. The van der Waals surface area contributed by atoms with Crippen molar-refractivity contribution in [1.82, 2.24) is 13.9 Å². The second-order valence-corrected chi connectivity index (χ2v) is 12.4. The van der Waals surface area contributed by atoms with E-state index >= 15 is 0 Å². The molecule has 2 heterocycles. The van der Waals surface area contributed by atoms with E-state index in [2.05, 4.69) is 20.9 Å². The molecule has 0 bridgehead atoms. The Morgan fingerprint density at radius 3 is 2.58 bits per heavy atom. The summed E-state index contributed by atoms with van der Waals surface area (Å²) >= 11 is 2.02. The highest BCUT2D eigenvalue weighted by atomic mass is 32.2. The van der Waals surface area contributed by atoms with Crippen LogP contribution in [0.1, 0.15) is 31.2 Å². The molecule has 0 spiro atoms. The van der Waals surface area contributed by atoms with Crippen molar-refractivity contribution in [2.24, 2.45) is 11.8 Å². The Kier molecular flexibility index (Phi) is 5.83. The number of hydrogen-bond donors (Lipinski definition) is 0. The highest BCUT2D eigenvalue weighted by Crippen LogP contribution is 2.42. The third kappa shape index (κ3) is 4.11. The highest BCUT2D eigenvalue weighted by molar-refractivity contribution is 7.99. The van der Waals surface area contributed by atoms with Gasteiger partial charge < -0.3 is 4.90 Å². The van der Waals surface area contributed by atoms with Crippen LogP contribution in [0.5, 0.6) is 0 Å². The van der Waals surface area contributed by atoms with Crippen LogP contribution in [0.4, 0.5) is 5.82 Å². The molecule has 33 heavy (non-hydrogen) atoms. The van der Waals surface area contributed by atoms with E-state index < -0.39 is 10.0 Å². The standard InChI is InChI=1S/C24H27N5O2S2/c1-16-3-5-21(6-4-16)33(30,31)29-8-7-22-23(26-15-27-24(22)29)28(2)19-9-18(10-19)14-32-20-11-17(12-20)13-25/h3-8,15,17-20H,9-12,14H2,1-2H3/t17?,18-,19+,20?. The molecule has 0 radical (unpaired) electrons. The van der Waals surface area contributed by atoms with Gasteiger partial charge in [-0.25, -0.2) is 22.4 Å². The van der Waals surface area contributed by atoms with Crippen LogP contribution in [-0.4, -0.2) is 46.5 Å². The molecule has 7 nitrogen and oxygen atoms in total. The molecule has 0 amide bonds. The van der Waals surface area contributed by atoms with Crippen molar-refractivity contribution in [3.63, 3.8) is 0 Å². The van der Waals surface area contributed by atoms with E-state index in [1.807, 2.05) is 25.7 Å². The van der Waals surface area contributed by atoms with Crippen molar-refractivity contribution in [3.8, 4) is 6.07 Å². The summed E-state index contributed by atoms with van der Waals surface area (Å²) in [5.41, 5.74) is 1.41. The number of aromatic nitrogens is 3. The quantitative estimate of drug-likeness (QED) is 0.499. The van der Waals surface area contributed by atoms with E-state index in [1.165, 1.54) is 10.3 Å². The lowest BCUT2D eigenvalue weighted by atomic mass is 9.81. The molecule has 2 aromatic heterocycles. The summed E-state index contributed by atoms with van der Waals surface area (Å²) in [7, 11) is -1.70. The minimum atomic E-state index is -3.74. The molecule has 0 aliphatic heterocycles. The van der Waals surface area contributed by atoms with Crippen LogP contribution >= 0.6 is 11.8 Å². The van der Waals surface area contributed by atoms with Crippen LogP contribution in [0, 0.1) is 30.1 Å². The zero-order valence-corrected chi connectivity index (χ0v) is 20.4. The molecule has 0 unspecified atom stereocenters. The fraction of sp³-hybridized carbons (Fsp3) is 0.458. The van der Waals surface area contributed by atoms with Gasteiger partial charge in [0.05, 0.1) is 16.4 Å². The van der Waals surface area contributed by atoms with Crippen LogP contribution in [0.3, 0.4) is 0 Å². The first-order valence-electron chi connectivity index (χ1n) is 11.2. The molecule has 0 saturated heterocycles. The summed E-state index contributed by atoms with van der Waals surface area (Å²) in [5, 5.41) is 10.3. The van der Waals surface area contributed by atoms with Crippen molar-refractivity contribution in [2.45, 2.75) is 48.8 Å². The predicted octanol–water partition coefficient (Wildman–Crippen LogP) is 4.23. The Bertz CT molecular complexity index is 1300. The molecule has 5 rings (SSSR count). The molecule has 1 aromatic carbocycles. The van der Waals surface area contributed by atoms with Crippen molar-refractivity contribution in [3.05, 3.63) is 48.4 Å². The molecule has 0 atom stereocenters. The lowest BCUT2D eigenvalue weighted by Gasteiger charge is -2.42. The molecule has 2 fully saturated rings. The van der Waals surface area contributed by atoms with Gasteiger partial charge in [0.1, 0.15) is 12.1 Å². The van der Waals surface area contributed by atoms with Crippen LogP contribution < -0.4 is 4.90 Å². The number of benzene rings is 1. The molecule has 2 aliphatic carbocycles. The van der Waals surface area contributed by atoms with E-state index in [4.69, 9.17) is 5.26 Å². The fourth-order valence-electron chi connectivity index (χ4n) is 4.62. The average Bonchev–Trinajstić information content (AvgIpc) is 3.19. The summed E-state index contributed by atoms with van der Waals surface area (Å²) in [4.78, 5) is 11.2. The molecule has 0 N–H and O–H groups in total. The van der Waals surface area contributed by atoms with Gasteiger partial charge in [-0.1, -0.05) is 17.7 Å². The van der Waals surface area contributed by atoms with Crippen molar-refractivity contribution < 1.29 is 8.42 Å². The molecule has 3 aromatic rings. The number of nitrogens with zero attached hydrogens (tertiary/aromatic N) is 5. The maximum Gasteiger partial charge on any atom is 0.269 e. The average molecular weight is 482 g/mol. The third-order valence-electron chi connectivity index (χ3n) is 6.94. The number of anilines is 1. The van der Waals surface area contributed by atoms with E-state index in [1.54, 1.807) is 36.5 Å². The first-order chi connectivity index (χ1) is 15.9. The Balaban J connectivity index is 1.29. The summed E-state index contributed by atoms with van der Waals surface area (Å²) in [6.45, 7) is 1.93. The molecular formula is C24H27N5O2S2. The largest absolute Gasteiger partial charge is 0.356 e. The summed E-state index contributed by atoms with van der Waals surface area (Å²) in [6, 6.07) is 11.4. The lowest BCUT2D eigenvalue weighted by Crippen LogP contribution is -2.44. The zero-order valence-electron chi connectivity index (χ0n) is 18.8. The van der Waals surface area contributed by atoms with Gasteiger partial charge in [-0.15, -0.1) is 0 Å². The molecule has 172 valence electrons. The van der Waals surface area contributed by atoms with Crippen LogP contribution in [0.2, 0.25) is 0 Å². The Hall–Kier alpha value is -2.57. The third-order valence-corrected chi connectivity index (χ3v) is 10.1. The number of aryl methyl sites for hydroxylation is 1. The number of thioether (sulfide) groups is 1.